The van der Waals surface area contributed by atoms with Gasteiger partial charge in [-0.25, -0.2) is 13.1 Å². The minimum Gasteiger partial charge on any atom is -0.391 e. The Bertz CT molecular complexity index is 557. The summed E-state index contributed by atoms with van der Waals surface area (Å²) in [5.74, 6) is 0.765. The molecule has 21 heavy (non-hydrogen) atoms. The number of aliphatic hydroxyl groups excluding tert-OH is 1. The van der Waals surface area contributed by atoms with Crippen LogP contribution in [0.2, 0.25) is 0 Å². The van der Waals surface area contributed by atoms with Crippen molar-refractivity contribution in [3.63, 3.8) is 0 Å². The molecule has 6 heteroatoms. The third kappa shape index (κ3) is 4.28. The molecule has 120 valence electrons. The van der Waals surface area contributed by atoms with Crippen molar-refractivity contribution in [3.05, 3.63) is 16.5 Å². The molecular formula is C15H25NO3S2. The van der Waals surface area contributed by atoms with Gasteiger partial charge >= 0.3 is 0 Å². The molecule has 0 aliphatic heterocycles. The highest BCUT2D eigenvalue weighted by Crippen LogP contribution is 2.30. The van der Waals surface area contributed by atoms with E-state index in [9.17, 15) is 13.5 Å². The van der Waals surface area contributed by atoms with Crippen molar-refractivity contribution in [2.75, 3.05) is 0 Å². The first-order valence-corrected chi connectivity index (χ1v) is 9.98. The highest BCUT2D eigenvalue weighted by atomic mass is 32.2. The van der Waals surface area contributed by atoms with E-state index in [2.05, 4.69) is 11.6 Å². The summed E-state index contributed by atoms with van der Waals surface area (Å²) >= 11 is 1.16. The van der Waals surface area contributed by atoms with E-state index in [1.54, 1.807) is 6.07 Å². The third-order valence-corrected chi connectivity index (χ3v) is 7.49. The average molecular weight is 332 g/mol. The van der Waals surface area contributed by atoms with Gasteiger partial charge in [0.15, 0.2) is 0 Å². The van der Waals surface area contributed by atoms with Gasteiger partial charge in [0.1, 0.15) is 4.21 Å². The lowest BCUT2D eigenvalue weighted by Crippen LogP contribution is -2.37. The number of sulfonamides is 1. The van der Waals surface area contributed by atoms with Crippen LogP contribution in [0.1, 0.15) is 55.9 Å². The zero-order chi connectivity index (χ0) is 15.5. The van der Waals surface area contributed by atoms with Gasteiger partial charge in [-0.3, -0.25) is 0 Å². The van der Waals surface area contributed by atoms with E-state index in [-0.39, 0.29) is 12.6 Å². The van der Waals surface area contributed by atoms with Gasteiger partial charge in [0.2, 0.25) is 10.0 Å². The van der Waals surface area contributed by atoms with Crippen LogP contribution in [0.3, 0.4) is 0 Å². The number of aliphatic hydroxyl groups is 1. The molecule has 0 saturated heterocycles. The van der Waals surface area contributed by atoms with Crippen LogP contribution in [0, 0.1) is 12.8 Å². The lowest BCUT2D eigenvalue weighted by molar-refractivity contribution is 0.285. The van der Waals surface area contributed by atoms with E-state index in [1.807, 2.05) is 6.92 Å². The van der Waals surface area contributed by atoms with Gasteiger partial charge < -0.3 is 5.11 Å². The molecule has 2 N–H and O–H groups in total. The number of rotatable bonds is 6. The number of thiophene rings is 1. The van der Waals surface area contributed by atoms with Gasteiger partial charge in [-0.1, -0.05) is 19.8 Å². The second-order valence-electron chi connectivity index (χ2n) is 5.96. The molecule has 0 amide bonds. The molecule has 0 bridgehead atoms. The summed E-state index contributed by atoms with van der Waals surface area (Å²) < 4.78 is 28.0. The van der Waals surface area contributed by atoms with E-state index in [0.29, 0.717) is 4.21 Å². The second kappa shape index (κ2) is 7.22. The number of aryl methyl sites for hydroxylation is 1. The first-order chi connectivity index (χ1) is 9.96. The number of hydrogen-bond donors (Lipinski definition) is 2. The van der Waals surface area contributed by atoms with Crippen molar-refractivity contribution in [1.29, 1.82) is 0 Å². The minimum absolute atomic E-state index is 0.0584. The smallest absolute Gasteiger partial charge is 0.250 e. The molecule has 4 nitrogen and oxygen atoms in total. The largest absolute Gasteiger partial charge is 0.391 e. The van der Waals surface area contributed by atoms with Crippen LogP contribution in [0.25, 0.3) is 0 Å². The van der Waals surface area contributed by atoms with Gasteiger partial charge in [-0.2, -0.15) is 0 Å². The van der Waals surface area contributed by atoms with Crippen molar-refractivity contribution >= 4 is 21.4 Å². The molecule has 1 aromatic rings. The highest BCUT2D eigenvalue weighted by Gasteiger charge is 2.26. The Labute approximate surface area is 131 Å². The van der Waals surface area contributed by atoms with Gasteiger partial charge in [0, 0.05) is 10.9 Å². The molecule has 1 saturated carbocycles. The maximum atomic E-state index is 12.4. The summed E-state index contributed by atoms with van der Waals surface area (Å²) in [6.07, 6.45) is 6.56. The van der Waals surface area contributed by atoms with E-state index >= 15 is 0 Å². The van der Waals surface area contributed by atoms with Crippen LogP contribution in [-0.2, 0) is 16.6 Å². The molecule has 1 aliphatic rings. The molecule has 0 unspecified atom stereocenters. The van der Waals surface area contributed by atoms with Crippen molar-refractivity contribution in [2.45, 2.75) is 69.2 Å². The van der Waals surface area contributed by atoms with Crippen molar-refractivity contribution < 1.29 is 13.5 Å². The minimum atomic E-state index is -3.44. The fourth-order valence-corrected chi connectivity index (χ4v) is 5.80. The number of nitrogens with one attached hydrogen (secondary N) is 1. The maximum Gasteiger partial charge on any atom is 0.250 e. The van der Waals surface area contributed by atoms with E-state index < -0.39 is 10.0 Å². The topological polar surface area (TPSA) is 66.4 Å². The normalized spacial score (nSPS) is 23.4. The molecular weight excluding hydrogens is 306 g/mol. The standard InChI is InChI=1S/C15H25NO3S2/c1-3-4-12-5-7-13(8-6-12)16-21(18,19)15-9-11(2)14(10-17)20-15/h9,12-13,16-17H,3-8,10H2,1-2H3. The van der Waals surface area contributed by atoms with Gasteiger partial charge in [-0.15, -0.1) is 11.3 Å². The molecule has 1 aliphatic carbocycles. The lowest BCUT2D eigenvalue weighted by atomic mass is 9.84. The predicted octanol–water partition coefficient (Wildman–Crippen LogP) is 3.19. The lowest BCUT2D eigenvalue weighted by Gasteiger charge is -2.28. The van der Waals surface area contributed by atoms with Gasteiger partial charge in [0.05, 0.1) is 6.61 Å². The highest BCUT2D eigenvalue weighted by molar-refractivity contribution is 7.91. The fraction of sp³-hybridized carbons (Fsp3) is 0.733. The summed E-state index contributed by atoms with van der Waals surface area (Å²) in [5, 5.41) is 9.19. The van der Waals surface area contributed by atoms with Crippen LogP contribution in [-0.4, -0.2) is 19.6 Å². The Morgan fingerprint density at radius 2 is 2.00 bits per heavy atom. The Morgan fingerprint density at radius 3 is 2.52 bits per heavy atom. The molecule has 0 radical (unpaired) electrons. The summed E-state index contributed by atoms with van der Waals surface area (Å²) in [7, 11) is -3.44. The zero-order valence-electron chi connectivity index (χ0n) is 12.8. The Hall–Kier alpha value is -0.430. The van der Waals surface area contributed by atoms with Crippen LogP contribution in [0.5, 0.6) is 0 Å². The van der Waals surface area contributed by atoms with Gasteiger partial charge in [0.25, 0.3) is 0 Å². The summed E-state index contributed by atoms with van der Waals surface area (Å²) in [5.41, 5.74) is 0.842. The summed E-state index contributed by atoms with van der Waals surface area (Å²) in [6, 6.07) is 1.71. The monoisotopic (exact) mass is 331 g/mol. The van der Waals surface area contributed by atoms with Crippen LogP contribution in [0.15, 0.2) is 10.3 Å². The van der Waals surface area contributed by atoms with E-state index in [4.69, 9.17) is 0 Å². The molecule has 0 spiro atoms. The molecule has 1 heterocycles. The van der Waals surface area contributed by atoms with E-state index in [1.165, 1.54) is 12.8 Å². The first kappa shape index (κ1) is 16.9. The molecule has 2 rings (SSSR count). The third-order valence-electron chi connectivity index (χ3n) is 4.27. The van der Waals surface area contributed by atoms with Crippen molar-refractivity contribution in [2.24, 2.45) is 5.92 Å². The van der Waals surface area contributed by atoms with Gasteiger partial charge in [-0.05, 0) is 50.2 Å². The SMILES string of the molecule is CCCC1CCC(NS(=O)(=O)c2cc(C)c(CO)s2)CC1. The van der Waals surface area contributed by atoms with Crippen LogP contribution >= 0.6 is 11.3 Å². The Morgan fingerprint density at radius 1 is 1.33 bits per heavy atom. The average Bonchev–Trinajstić information content (AvgIpc) is 2.83. The van der Waals surface area contributed by atoms with Crippen LogP contribution in [0.4, 0.5) is 0 Å². The van der Waals surface area contributed by atoms with Crippen molar-refractivity contribution in [1.82, 2.24) is 4.72 Å². The quantitative estimate of drug-likeness (QED) is 0.841. The fourth-order valence-electron chi connectivity index (χ4n) is 3.03. The Kier molecular flexibility index (Phi) is 5.82. The molecule has 1 fully saturated rings. The number of hydrogen-bond acceptors (Lipinski definition) is 4. The second-order valence-corrected chi connectivity index (χ2v) is 9.03. The molecule has 1 aromatic heterocycles. The maximum absolute atomic E-state index is 12.4. The van der Waals surface area contributed by atoms with Crippen molar-refractivity contribution in [3.8, 4) is 0 Å². The zero-order valence-corrected chi connectivity index (χ0v) is 14.4. The van der Waals surface area contributed by atoms with Crippen LogP contribution < -0.4 is 4.72 Å². The summed E-state index contributed by atoms with van der Waals surface area (Å²) in [4.78, 5) is 0.724. The van der Waals surface area contributed by atoms with E-state index in [0.717, 1.165) is 53.4 Å². The molecule has 0 aromatic carbocycles. The first-order valence-electron chi connectivity index (χ1n) is 7.68. The predicted molar refractivity (Wildman–Crippen MR) is 86.0 cm³/mol. The Balaban J connectivity index is 1.98. The molecule has 0 atom stereocenters. The summed E-state index contributed by atoms with van der Waals surface area (Å²) in [6.45, 7) is 3.93.